The summed E-state index contributed by atoms with van der Waals surface area (Å²) in [4.78, 5) is 22.9. The summed E-state index contributed by atoms with van der Waals surface area (Å²) in [6.45, 7) is 2.20. The van der Waals surface area contributed by atoms with Crippen molar-refractivity contribution in [3.8, 4) is 0 Å². The molecular weight excluding hydrogens is 212 g/mol. The minimum absolute atomic E-state index is 0.270. The van der Waals surface area contributed by atoms with Crippen molar-refractivity contribution in [3.05, 3.63) is 0 Å². The second kappa shape index (κ2) is 5.81. The molecule has 1 aliphatic heterocycles. The lowest BCUT2D eigenvalue weighted by atomic mass is 10.1. The van der Waals surface area contributed by atoms with Gasteiger partial charge in [0, 0.05) is 6.54 Å². The largest absolute Gasteiger partial charge is 0.467 e. The smallest absolute Gasteiger partial charge is 0.328 e. The normalized spacial score (nSPS) is 26.2. The first kappa shape index (κ1) is 12.9. The first-order valence-electron chi connectivity index (χ1n) is 5.38. The van der Waals surface area contributed by atoms with Crippen molar-refractivity contribution in [2.75, 3.05) is 13.7 Å². The van der Waals surface area contributed by atoms with Crippen LogP contribution in [0.15, 0.2) is 0 Å². The summed E-state index contributed by atoms with van der Waals surface area (Å²) in [5, 5.41) is 14.7. The number of carbonyl (C=O) groups excluding carboxylic acids is 2. The van der Waals surface area contributed by atoms with Gasteiger partial charge in [0.1, 0.15) is 6.04 Å². The van der Waals surface area contributed by atoms with Gasteiger partial charge in [0.2, 0.25) is 5.91 Å². The maximum absolute atomic E-state index is 11.7. The first-order valence-corrected chi connectivity index (χ1v) is 5.38. The molecule has 0 aliphatic carbocycles. The number of nitrogens with one attached hydrogen (secondary N) is 2. The molecule has 1 amide bonds. The fourth-order valence-electron chi connectivity index (χ4n) is 1.66. The standard InChI is InChI=1S/C10H18N2O4/c1-3-7(10(15)16-2)12-9(14)8-4-6(13)5-11-8/h6-8,11,13H,3-5H2,1-2H3,(H,12,14)/t6-,7+,8+/m1/s1. The molecule has 0 aromatic carbocycles. The summed E-state index contributed by atoms with van der Waals surface area (Å²) in [5.41, 5.74) is 0. The van der Waals surface area contributed by atoms with Crippen LogP contribution in [0.3, 0.4) is 0 Å². The molecular formula is C10H18N2O4. The lowest BCUT2D eigenvalue weighted by Gasteiger charge is -2.17. The molecule has 6 nitrogen and oxygen atoms in total. The number of β-amino-alcohol motifs (C(OH)–C–C–N with tert-alkyl or cyclic N) is 1. The molecule has 1 fully saturated rings. The van der Waals surface area contributed by atoms with Crippen molar-refractivity contribution in [3.63, 3.8) is 0 Å². The topological polar surface area (TPSA) is 87.7 Å². The van der Waals surface area contributed by atoms with Crippen molar-refractivity contribution in [1.29, 1.82) is 0 Å². The van der Waals surface area contributed by atoms with E-state index in [1.54, 1.807) is 6.92 Å². The number of amides is 1. The maximum atomic E-state index is 11.7. The molecule has 1 heterocycles. The van der Waals surface area contributed by atoms with E-state index in [0.717, 1.165) is 0 Å². The molecule has 0 saturated carbocycles. The number of hydrogen-bond donors (Lipinski definition) is 3. The molecule has 16 heavy (non-hydrogen) atoms. The van der Waals surface area contributed by atoms with Gasteiger partial charge in [0.25, 0.3) is 0 Å². The molecule has 0 aromatic rings. The van der Waals surface area contributed by atoms with E-state index >= 15 is 0 Å². The molecule has 3 atom stereocenters. The van der Waals surface area contributed by atoms with Gasteiger partial charge in [0.15, 0.2) is 0 Å². The van der Waals surface area contributed by atoms with E-state index in [1.165, 1.54) is 7.11 Å². The van der Waals surface area contributed by atoms with Crippen LogP contribution in [0.2, 0.25) is 0 Å². The van der Waals surface area contributed by atoms with E-state index in [0.29, 0.717) is 19.4 Å². The SMILES string of the molecule is CC[C@H](NC(=O)[C@@H]1C[C@@H](O)CN1)C(=O)OC. The van der Waals surface area contributed by atoms with Gasteiger partial charge in [-0.2, -0.15) is 0 Å². The highest BCUT2D eigenvalue weighted by Crippen LogP contribution is 2.07. The molecule has 1 saturated heterocycles. The Morgan fingerprint density at radius 3 is 2.75 bits per heavy atom. The van der Waals surface area contributed by atoms with Crippen LogP contribution in [0, 0.1) is 0 Å². The van der Waals surface area contributed by atoms with Crippen molar-refractivity contribution in [2.45, 2.75) is 38.0 Å². The van der Waals surface area contributed by atoms with Crippen LogP contribution in [-0.4, -0.2) is 48.8 Å². The van der Waals surface area contributed by atoms with Crippen molar-refractivity contribution < 1.29 is 19.4 Å². The van der Waals surface area contributed by atoms with Crippen LogP contribution in [-0.2, 0) is 14.3 Å². The quantitative estimate of drug-likeness (QED) is 0.527. The van der Waals surface area contributed by atoms with Gasteiger partial charge in [-0.25, -0.2) is 4.79 Å². The lowest BCUT2D eigenvalue weighted by Crippen LogP contribution is -2.48. The highest BCUT2D eigenvalue weighted by molar-refractivity contribution is 5.87. The fourth-order valence-corrected chi connectivity index (χ4v) is 1.66. The molecule has 0 radical (unpaired) electrons. The molecule has 0 bridgehead atoms. The third-order valence-electron chi connectivity index (χ3n) is 2.63. The number of esters is 1. The van der Waals surface area contributed by atoms with E-state index in [4.69, 9.17) is 0 Å². The van der Waals surface area contributed by atoms with Gasteiger partial charge in [-0.15, -0.1) is 0 Å². The predicted molar refractivity (Wildman–Crippen MR) is 56.7 cm³/mol. The highest BCUT2D eigenvalue weighted by Gasteiger charge is 2.30. The zero-order chi connectivity index (χ0) is 12.1. The number of rotatable bonds is 4. The maximum Gasteiger partial charge on any atom is 0.328 e. The van der Waals surface area contributed by atoms with Crippen molar-refractivity contribution in [1.82, 2.24) is 10.6 Å². The van der Waals surface area contributed by atoms with Gasteiger partial charge in [0.05, 0.1) is 19.3 Å². The minimum Gasteiger partial charge on any atom is -0.467 e. The van der Waals surface area contributed by atoms with Crippen LogP contribution in [0.4, 0.5) is 0 Å². The zero-order valence-electron chi connectivity index (χ0n) is 9.53. The second-order valence-corrected chi connectivity index (χ2v) is 3.84. The molecule has 6 heteroatoms. The molecule has 1 rings (SSSR count). The molecule has 0 aromatic heterocycles. The number of methoxy groups -OCH3 is 1. The molecule has 92 valence electrons. The van der Waals surface area contributed by atoms with Crippen LogP contribution in [0.25, 0.3) is 0 Å². The number of hydrogen-bond acceptors (Lipinski definition) is 5. The van der Waals surface area contributed by atoms with E-state index in [2.05, 4.69) is 15.4 Å². The van der Waals surface area contributed by atoms with E-state index in [9.17, 15) is 14.7 Å². The van der Waals surface area contributed by atoms with Crippen molar-refractivity contribution >= 4 is 11.9 Å². The fraction of sp³-hybridized carbons (Fsp3) is 0.800. The van der Waals surface area contributed by atoms with Gasteiger partial charge in [-0.3, -0.25) is 4.79 Å². The number of carbonyl (C=O) groups is 2. The van der Waals surface area contributed by atoms with Gasteiger partial charge in [-0.05, 0) is 12.8 Å². The van der Waals surface area contributed by atoms with Crippen LogP contribution < -0.4 is 10.6 Å². The Bertz CT molecular complexity index is 270. The highest BCUT2D eigenvalue weighted by atomic mass is 16.5. The van der Waals surface area contributed by atoms with Crippen molar-refractivity contribution in [2.24, 2.45) is 0 Å². The summed E-state index contributed by atoms with van der Waals surface area (Å²) in [6, 6.07) is -1.04. The molecule has 0 unspecified atom stereocenters. The Morgan fingerprint density at radius 1 is 1.62 bits per heavy atom. The number of ether oxygens (including phenoxy) is 1. The predicted octanol–water partition coefficient (Wildman–Crippen LogP) is -1.22. The van der Waals surface area contributed by atoms with Crippen LogP contribution in [0.5, 0.6) is 0 Å². The van der Waals surface area contributed by atoms with E-state index in [-0.39, 0.29) is 5.91 Å². The van der Waals surface area contributed by atoms with Gasteiger partial charge >= 0.3 is 5.97 Å². The number of aliphatic hydroxyl groups excluding tert-OH is 1. The van der Waals surface area contributed by atoms with Gasteiger partial charge in [-0.1, -0.05) is 6.92 Å². The summed E-state index contributed by atoms with van der Waals surface area (Å²) in [5.74, 6) is -0.719. The van der Waals surface area contributed by atoms with Crippen LogP contribution in [0.1, 0.15) is 19.8 Å². The first-order chi connectivity index (χ1) is 7.58. The zero-order valence-corrected chi connectivity index (χ0v) is 9.53. The Hall–Kier alpha value is -1.14. The molecule has 0 spiro atoms. The number of aliphatic hydroxyl groups is 1. The minimum atomic E-state index is -0.614. The molecule has 1 aliphatic rings. The third-order valence-corrected chi connectivity index (χ3v) is 2.63. The second-order valence-electron chi connectivity index (χ2n) is 3.84. The Labute approximate surface area is 94.3 Å². The average molecular weight is 230 g/mol. The summed E-state index contributed by atoms with van der Waals surface area (Å²) < 4.78 is 4.56. The lowest BCUT2D eigenvalue weighted by molar-refractivity contribution is -0.145. The van der Waals surface area contributed by atoms with Gasteiger partial charge < -0.3 is 20.5 Å². The summed E-state index contributed by atoms with van der Waals surface area (Å²) >= 11 is 0. The Balaban J connectivity index is 2.46. The van der Waals surface area contributed by atoms with Crippen LogP contribution >= 0.6 is 0 Å². The third kappa shape index (κ3) is 3.18. The summed E-state index contributed by atoms with van der Waals surface area (Å²) in [6.07, 6.45) is 0.367. The summed E-state index contributed by atoms with van der Waals surface area (Å²) in [7, 11) is 1.29. The molecule has 3 N–H and O–H groups in total. The van der Waals surface area contributed by atoms with E-state index < -0.39 is 24.2 Å². The monoisotopic (exact) mass is 230 g/mol. The van der Waals surface area contributed by atoms with E-state index in [1.807, 2.05) is 0 Å². The Kier molecular flexibility index (Phi) is 4.70. The average Bonchev–Trinajstić information content (AvgIpc) is 2.71. The Morgan fingerprint density at radius 2 is 2.31 bits per heavy atom.